The van der Waals surface area contributed by atoms with Gasteiger partial charge in [0.2, 0.25) is 0 Å². The van der Waals surface area contributed by atoms with Gasteiger partial charge in [0.05, 0.1) is 23.3 Å². The van der Waals surface area contributed by atoms with Gasteiger partial charge >= 0.3 is 0 Å². The van der Waals surface area contributed by atoms with E-state index in [0.29, 0.717) is 28.0 Å². The van der Waals surface area contributed by atoms with E-state index in [1.165, 1.54) is 0 Å². The Morgan fingerprint density at radius 1 is 1.14 bits per heavy atom. The Morgan fingerprint density at radius 3 is 2.67 bits per heavy atom. The highest BCUT2D eigenvalue weighted by molar-refractivity contribution is 6.42. The van der Waals surface area contributed by atoms with E-state index in [0.717, 1.165) is 11.1 Å². The summed E-state index contributed by atoms with van der Waals surface area (Å²) in [5.41, 5.74) is 1.66. The molecule has 0 amide bonds. The second-order valence-corrected chi connectivity index (χ2v) is 5.75. The van der Waals surface area contributed by atoms with Crippen LogP contribution in [0.25, 0.3) is 0 Å². The zero-order chi connectivity index (χ0) is 15.0. The number of benzene rings is 2. The lowest BCUT2D eigenvalue weighted by molar-refractivity contribution is 0.0655. The van der Waals surface area contributed by atoms with E-state index in [1.54, 1.807) is 25.3 Å². The molecule has 1 heterocycles. The minimum atomic E-state index is -0.584. The second kappa shape index (κ2) is 5.76. The van der Waals surface area contributed by atoms with Gasteiger partial charge in [-0.15, -0.1) is 0 Å². The topological polar surface area (TPSA) is 38.7 Å². The lowest BCUT2D eigenvalue weighted by Gasteiger charge is -2.30. The first kappa shape index (κ1) is 14.5. The minimum absolute atomic E-state index is 0.269. The molecule has 2 aromatic rings. The van der Waals surface area contributed by atoms with E-state index in [9.17, 15) is 5.11 Å². The fourth-order valence-corrected chi connectivity index (χ4v) is 2.77. The maximum absolute atomic E-state index is 10.3. The van der Waals surface area contributed by atoms with Gasteiger partial charge in [-0.25, -0.2) is 0 Å². The predicted octanol–water partition coefficient (Wildman–Crippen LogP) is 4.56. The average Bonchev–Trinajstić information content (AvgIpc) is 2.49. The number of aliphatic hydroxyl groups is 1. The molecule has 0 aromatic heterocycles. The number of methoxy groups -OCH3 is 1. The van der Waals surface area contributed by atoms with Crippen molar-refractivity contribution in [1.29, 1.82) is 0 Å². The van der Waals surface area contributed by atoms with Crippen LogP contribution < -0.4 is 9.47 Å². The normalized spacial score (nSPS) is 20.6. The molecule has 0 saturated carbocycles. The maximum Gasteiger partial charge on any atom is 0.129 e. The lowest BCUT2D eigenvalue weighted by atomic mass is 9.95. The van der Waals surface area contributed by atoms with E-state index in [4.69, 9.17) is 32.7 Å². The van der Waals surface area contributed by atoms with Gasteiger partial charge in [-0.3, -0.25) is 0 Å². The molecule has 3 rings (SSSR count). The van der Waals surface area contributed by atoms with Crippen molar-refractivity contribution in [2.75, 3.05) is 7.11 Å². The molecule has 1 N–H and O–H groups in total. The number of hydrogen-bond donors (Lipinski definition) is 1. The fraction of sp³-hybridized carbons (Fsp3) is 0.250. The summed E-state index contributed by atoms with van der Waals surface area (Å²) in [6, 6.07) is 10.8. The van der Waals surface area contributed by atoms with E-state index in [2.05, 4.69) is 0 Å². The summed E-state index contributed by atoms with van der Waals surface area (Å²) in [5, 5.41) is 11.3. The van der Waals surface area contributed by atoms with Gasteiger partial charge in [-0.2, -0.15) is 0 Å². The molecule has 1 aliphatic heterocycles. The van der Waals surface area contributed by atoms with Gasteiger partial charge in [0.15, 0.2) is 0 Å². The van der Waals surface area contributed by atoms with Crippen LogP contribution in [0.3, 0.4) is 0 Å². The first-order valence-electron chi connectivity index (χ1n) is 6.56. The predicted molar refractivity (Wildman–Crippen MR) is 82.4 cm³/mol. The van der Waals surface area contributed by atoms with Crippen molar-refractivity contribution in [3.63, 3.8) is 0 Å². The van der Waals surface area contributed by atoms with Gasteiger partial charge in [-0.05, 0) is 29.8 Å². The summed E-state index contributed by atoms with van der Waals surface area (Å²) in [4.78, 5) is 0. The Balaban J connectivity index is 1.94. The van der Waals surface area contributed by atoms with Crippen LogP contribution in [-0.2, 0) is 0 Å². The molecule has 2 aromatic carbocycles. The number of fused-ring (bicyclic) bond motifs is 1. The number of rotatable bonds is 2. The highest BCUT2D eigenvalue weighted by atomic mass is 35.5. The van der Waals surface area contributed by atoms with Crippen molar-refractivity contribution in [1.82, 2.24) is 0 Å². The Labute approximate surface area is 133 Å². The van der Waals surface area contributed by atoms with Gasteiger partial charge < -0.3 is 14.6 Å². The Morgan fingerprint density at radius 2 is 1.95 bits per heavy atom. The summed E-state index contributed by atoms with van der Waals surface area (Å²) >= 11 is 12.0. The summed E-state index contributed by atoms with van der Waals surface area (Å²) < 4.78 is 11.2. The van der Waals surface area contributed by atoms with Crippen LogP contribution in [0.5, 0.6) is 11.5 Å². The number of hydrogen-bond acceptors (Lipinski definition) is 3. The van der Waals surface area contributed by atoms with Crippen LogP contribution in [0.4, 0.5) is 0 Å². The Hall–Kier alpha value is -1.42. The van der Waals surface area contributed by atoms with Crippen LogP contribution in [0.1, 0.15) is 29.8 Å². The SMILES string of the molecule is COc1ccc2c(c1)OC(c1ccc(Cl)c(Cl)c1)C[C@H]2O. The van der Waals surface area contributed by atoms with Crippen molar-refractivity contribution in [3.8, 4) is 11.5 Å². The third kappa shape index (κ3) is 2.82. The van der Waals surface area contributed by atoms with Gasteiger partial charge in [0.25, 0.3) is 0 Å². The molecule has 3 nitrogen and oxygen atoms in total. The Kier molecular flexibility index (Phi) is 3.98. The molecule has 0 radical (unpaired) electrons. The molecule has 0 fully saturated rings. The fourth-order valence-electron chi connectivity index (χ4n) is 2.47. The zero-order valence-electron chi connectivity index (χ0n) is 11.3. The average molecular weight is 325 g/mol. The molecule has 21 heavy (non-hydrogen) atoms. The molecule has 1 unspecified atom stereocenters. The van der Waals surface area contributed by atoms with E-state index < -0.39 is 6.10 Å². The standard InChI is InChI=1S/C16H14Cl2O3/c1-20-10-3-4-11-14(19)8-15(21-16(11)7-10)9-2-5-12(17)13(18)6-9/h2-7,14-15,19H,8H2,1H3/t14-,15?/m1/s1. The second-order valence-electron chi connectivity index (χ2n) is 4.94. The molecule has 110 valence electrons. The van der Waals surface area contributed by atoms with Crippen LogP contribution in [0.2, 0.25) is 10.0 Å². The van der Waals surface area contributed by atoms with Crippen LogP contribution in [-0.4, -0.2) is 12.2 Å². The van der Waals surface area contributed by atoms with Gasteiger partial charge in [0.1, 0.15) is 17.6 Å². The van der Waals surface area contributed by atoms with E-state index in [1.807, 2.05) is 18.2 Å². The van der Waals surface area contributed by atoms with Crippen LogP contribution in [0.15, 0.2) is 36.4 Å². The maximum atomic E-state index is 10.3. The monoisotopic (exact) mass is 324 g/mol. The van der Waals surface area contributed by atoms with Crippen molar-refractivity contribution in [3.05, 3.63) is 57.6 Å². The zero-order valence-corrected chi connectivity index (χ0v) is 12.9. The third-order valence-corrected chi connectivity index (χ3v) is 4.34. The molecule has 2 atom stereocenters. The molecule has 0 saturated heterocycles. The number of aliphatic hydroxyl groups excluding tert-OH is 1. The first-order chi connectivity index (χ1) is 10.1. The summed E-state index contributed by atoms with van der Waals surface area (Å²) in [5.74, 6) is 1.32. The van der Waals surface area contributed by atoms with Gasteiger partial charge in [0, 0.05) is 18.1 Å². The highest BCUT2D eigenvalue weighted by Gasteiger charge is 2.28. The smallest absolute Gasteiger partial charge is 0.129 e. The van der Waals surface area contributed by atoms with E-state index >= 15 is 0 Å². The molecule has 5 heteroatoms. The molecule has 0 spiro atoms. The highest BCUT2D eigenvalue weighted by Crippen LogP contribution is 2.42. The van der Waals surface area contributed by atoms with Crippen molar-refractivity contribution in [2.45, 2.75) is 18.6 Å². The third-order valence-electron chi connectivity index (χ3n) is 3.60. The minimum Gasteiger partial charge on any atom is -0.497 e. The van der Waals surface area contributed by atoms with E-state index in [-0.39, 0.29) is 6.10 Å². The molecule has 0 aliphatic carbocycles. The molecule has 0 bridgehead atoms. The van der Waals surface area contributed by atoms with Crippen LogP contribution >= 0.6 is 23.2 Å². The van der Waals surface area contributed by atoms with Gasteiger partial charge in [-0.1, -0.05) is 29.3 Å². The van der Waals surface area contributed by atoms with Crippen molar-refractivity contribution >= 4 is 23.2 Å². The Bertz CT molecular complexity index is 673. The lowest BCUT2D eigenvalue weighted by Crippen LogP contribution is -2.19. The molecular weight excluding hydrogens is 311 g/mol. The molecular formula is C16H14Cl2O3. The quantitative estimate of drug-likeness (QED) is 0.880. The summed E-state index contributed by atoms with van der Waals surface area (Å²) in [6.07, 6.45) is -0.384. The summed E-state index contributed by atoms with van der Waals surface area (Å²) in [7, 11) is 1.59. The summed E-state index contributed by atoms with van der Waals surface area (Å²) in [6.45, 7) is 0. The largest absolute Gasteiger partial charge is 0.497 e. The van der Waals surface area contributed by atoms with Crippen molar-refractivity contribution in [2.24, 2.45) is 0 Å². The van der Waals surface area contributed by atoms with Crippen LogP contribution in [0, 0.1) is 0 Å². The number of halogens is 2. The first-order valence-corrected chi connectivity index (χ1v) is 7.31. The molecule has 1 aliphatic rings. The number of ether oxygens (including phenoxy) is 2. The van der Waals surface area contributed by atoms with Crippen molar-refractivity contribution < 1.29 is 14.6 Å².